The molecule has 7 nitrogen and oxygen atoms in total. The zero-order chi connectivity index (χ0) is 31.8. The molecule has 1 aromatic heterocycles. The van der Waals surface area contributed by atoms with Gasteiger partial charge in [-0.05, 0) is 86.0 Å². The summed E-state index contributed by atoms with van der Waals surface area (Å²) < 4.78 is 34.3. The molecule has 0 saturated heterocycles. The first-order chi connectivity index (χ1) is 19.2. The van der Waals surface area contributed by atoms with Crippen LogP contribution in [-0.4, -0.2) is 32.9 Å². The predicted molar refractivity (Wildman–Crippen MR) is 173 cm³/mol. The Hall–Kier alpha value is -2.72. The summed E-state index contributed by atoms with van der Waals surface area (Å²) in [6.45, 7) is 25.2. The van der Waals surface area contributed by atoms with Crippen molar-refractivity contribution in [3.63, 3.8) is 0 Å². The van der Waals surface area contributed by atoms with Gasteiger partial charge in [0.05, 0.1) is 16.7 Å². The molecule has 0 fully saturated rings. The van der Waals surface area contributed by atoms with Crippen molar-refractivity contribution in [1.29, 1.82) is 5.26 Å². The Kier molecular flexibility index (Phi) is 9.74. The van der Waals surface area contributed by atoms with E-state index in [1.165, 1.54) is 6.07 Å². The van der Waals surface area contributed by atoms with Crippen LogP contribution in [0, 0.1) is 24.1 Å². The van der Waals surface area contributed by atoms with Crippen LogP contribution in [-0.2, 0) is 4.43 Å². The number of hydrogen-bond acceptors (Lipinski definition) is 7. The molecule has 2 aromatic carbocycles. The highest BCUT2D eigenvalue weighted by atomic mass is 35.5. The molecule has 11 heteroatoms. The fraction of sp³-hybridized carbons (Fsp3) is 0.516. The van der Waals surface area contributed by atoms with Crippen LogP contribution in [0.5, 0.6) is 5.75 Å². The van der Waals surface area contributed by atoms with Gasteiger partial charge in [0.1, 0.15) is 17.9 Å². The minimum absolute atomic E-state index is 0.0226. The molecule has 1 heterocycles. The van der Waals surface area contributed by atoms with E-state index in [0.29, 0.717) is 21.8 Å². The third-order valence-electron chi connectivity index (χ3n) is 8.63. The molecule has 3 rings (SSSR count). The Morgan fingerprint density at radius 3 is 2.17 bits per heavy atom. The third-order valence-corrected chi connectivity index (χ3v) is 18.0. The first-order valence-electron chi connectivity index (χ1n) is 14.1. The number of nitrogens with zero attached hydrogens (tertiary/aromatic N) is 3. The number of hydrogen-bond donors (Lipinski definition) is 1. The Labute approximate surface area is 257 Å². The first kappa shape index (κ1) is 33.8. The van der Waals surface area contributed by atoms with Gasteiger partial charge >= 0.3 is 0 Å². The lowest BCUT2D eigenvalue weighted by Gasteiger charge is -2.40. The van der Waals surface area contributed by atoms with Crippen molar-refractivity contribution in [2.45, 2.75) is 104 Å². The van der Waals surface area contributed by atoms with Crippen molar-refractivity contribution < 1.29 is 17.7 Å². The van der Waals surface area contributed by atoms with Gasteiger partial charge in [0.25, 0.3) is 8.32 Å². The molecule has 0 bridgehead atoms. The van der Waals surface area contributed by atoms with Crippen LogP contribution in [0.3, 0.4) is 0 Å². The number of nitriles is 1. The number of nitrogens with one attached hydrogen (secondary N) is 1. The molecule has 3 aromatic rings. The zero-order valence-corrected chi connectivity index (χ0v) is 29.6. The maximum absolute atomic E-state index is 15.2. The Balaban J connectivity index is 1.99. The van der Waals surface area contributed by atoms with E-state index in [1.807, 2.05) is 13.8 Å². The van der Waals surface area contributed by atoms with Gasteiger partial charge in [-0.2, -0.15) is 5.26 Å². The second kappa shape index (κ2) is 12.1. The van der Waals surface area contributed by atoms with Crippen LogP contribution in [0.4, 0.5) is 10.1 Å². The number of aromatic nitrogens is 2. The number of halogens is 2. The van der Waals surface area contributed by atoms with E-state index < -0.39 is 28.5 Å². The molecular formula is C31H44ClFN4O3Si2. The van der Waals surface area contributed by atoms with E-state index in [2.05, 4.69) is 89.3 Å². The SMILES string of the molecule is Cc1c(N[C@@H](c2nnc(-c3ccc(O[Si](C)(C)C(C)(C)C)c(F)c3)o2)[C@H](C)O[Si](C)(C)C(C)(C)C)ccc(C#N)c1Cl. The fourth-order valence-corrected chi connectivity index (χ4v) is 6.45. The van der Waals surface area contributed by atoms with Gasteiger partial charge in [0, 0.05) is 11.3 Å². The number of rotatable bonds is 9. The largest absolute Gasteiger partial charge is 0.542 e. The number of anilines is 1. The molecule has 228 valence electrons. The molecule has 0 amide bonds. The van der Waals surface area contributed by atoms with Crippen LogP contribution in [0.25, 0.3) is 11.5 Å². The van der Waals surface area contributed by atoms with Crippen molar-refractivity contribution >= 4 is 33.9 Å². The molecule has 1 N–H and O–H groups in total. The molecule has 0 aliphatic heterocycles. The average Bonchev–Trinajstić information content (AvgIpc) is 3.34. The highest BCUT2D eigenvalue weighted by molar-refractivity contribution is 6.75. The van der Waals surface area contributed by atoms with Gasteiger partial charge in [-0.3, -0.25) is 0 Å². The van der Waals surface area contributed by atoms with Gasteiger partial charge in [-0.25, -0.2) is 4.39 Å². The predicted octanol–water partition coefficient (Wildman–Crippen LogP) is 9.66. The lowest BCUT2D eigenvalue weighted by molar-refractivity contribution is 0.166. The van der Waals surface area contributed by atoms with E-state index in [4.69, 9.17) is 24.9 Å². The molecule has 0 saturated carbocycles. The van der Waals surface area contributed by atoms with Crippen molar-refractivity contribution in [2.24, 2.45) is 0 Å². The van der Waals surface area contributed by atoms with E-state index in [9.17, 15) is 5.26 Å². The first-order valence-corrected chi connectivity index (χ1v) is 20.3. The molecule has 0 aliphatic rings. The molecule has 0 spiro atoms. The van der Waals surface area contributed by atoms with Gasteiger partial charge in [0.15, 0.2) is 14.1 Å². The van der Waals surface area contributed by atoms with Crippen LogP contribution in [0.15, 0.2) is 34.7 Å². The molecule has 0 unspecified atom stereocenters. The Bertz CT molecular complexity index is 1470. The number of benzene rings is 2. The van der Waals surface area contributed by atoms with Gasteiger partial charge in [-0.1, -0.05) is 53.1 Å². The Morgan fingerprint density at radius 2 is 1.62 bits per heavy atom. The van der Waals surface area contributed by atoms with Crippen LogP contribution < -0.4 is 9.74 Å². The standard InChI is InChI=1S/C31H44ClFN4O3Si2/c1-19-24(15-13-22(18-34)26(19)32)35-27(20(2)39-41(9,10)30(3,4)5)29-37-36-28(38-29)21-14-16-25(23(33)17-21)40-42(11,12)31(6,7)8/h13-17,20,27,35H,1-12H3/t20-,27+/m0/s1. The van der Waals surface area contributed by atoms with Crippen molar-refractivity contribution in [2.75, 3.05) is 5.32 Å². The lowest BCUT2D eigenvalue weighted by atomic mass is 10.1. The van der Waals surface area contributed by atoms with Crippen molar-refractivity contribution in [1.82, 2.24) is 10.2 Å². The van der Waals surface area contributed by atoms with Crippen molar-refractivity contribution in [3.8, 4) is 23.3 Å². The normalized spacial score (nSPS) is 14.3. The van der Waals surface area contributed by atoms with Gasteiger partial charge < -0.3 is 18.6 Å². The van der Waals surface area contributed by atoms with Crippen molar-refractivity contribution in [3.05, 3.63) is 58.2 Å². The maximum Gasteiger partial charge on any atom is 0.250 e. The summed E-state index contributed by atoms with van der Waals surface area (Å²) in [6, 6.07) is 9.75. The van der Waals surface area contributed by atoms with Crippen LogP contribution in [0.1, 0.15) is 71.5 Å². The quantitative estimate of drug-likeness (QED) is 0.235. The summed E-state index contributed by atoms with van der Waals surface area (Å²) in [5.41, 5.74) is 2.28. The summed E-state index contributed by atoms with van der Waals surface area (Å²) in [7, 11) is -4.40. The Morgan fingerprint density at radius 1 is 1.00 bits per heavy atom. The molecule has 0 radical (unpaired) electrons. The summed E-state index contributed by atoms with van der Waals surface area (Å²) >= 11 is 6.47. The monoisotopic (exact) mass is 630 g/mol. The summed E-state index contributed by atoms with van der Waals surface area (Å²) in [4.78, 5) is 0. The fourth-order valence-electron chi connectivity index (χ4n) is 3.81. The van der Waals surface area contributed by atoms with Gasteiger partial charge in [0.2, 0.25) is 11.8 Å². The van der Waals surface area contributed by atoms with E-state index in [1.54, 1.807) is 24.3 Å². The van der Waals surface area contributed by atoms with Crippen LogP contribution >= 0.6 is 11.6 Å². The molecule has 0 aliphatic carbocycles. The minimum Gasteiger partial charge on any atom is -0.542 e. The summed E-state index contributed by atoms with van der Waals surface area (Å²) in [5, 5.41) is 21.8. The summed E-state index contributed by atoms with van der Waals surface area (Å²) in [6.07, 6.45) is -0.370. The van der Waals surface area contributed by atoms with E-state index >= 15 is 4.39 Å². The second-order valence-corrected chi connectivity index (χ2v) is 23.7. The highest BCUT2D eigenvalue weighted by Crippen LogP contribution is 2.41. The molecule has 42 heavy (non-hydrogen) atoms. The molecule has 2 atom stereocenters. The highest BCUT2D eigenvalue weighted by Gasteiger charge is 2.41. The van der Waals surface area contributed by atoms with E-state index in [-0.39, 0.29) is 33.7 Å². The minimum atomic E-state index is -2.22. The molecular weight excluding hydrogens is 587 g/mol. The van der Waals surface area contributed by atoms with E-state index in [0.717, 1.165) is 5.56 Å². The topological polar surface area (TPSA) is 93.2 Å². The smallest absolute Gasteiger partial charge is 0.250 e. The third kappa shape index (κ3) is 7.25. The summed E-state index contributed by atoms with van der Waals surface area (Å²) in [5.74, 6) is 0.209. The lowest BCUT2D eigenvalue weighted by Crippen LogP contribution is -2.45. The van der Waals surface area contributed by atoms with Gasteiger partial charge in [-0.15, -0.1) is 10.2 Å². The second-order valence-electron chi connectivity index (χ2n) is 13.9. The zero-order valence-electron chi connectivity index (χ0n) is 26.9. The van der Waals surface area contributed by atoms with Crippen LogP contribution in [0.2, 0.25) is 41.3 Å². The average molecular weight is 631 g/mol. The maximum atomic E-state index is 15.2.